The monoisotopic (exact) mass is 101 g/mol. The summed E-state index contributed by atoms with van der Waals surface area (Å²) in [6.45, 7) is -0.115. The van der Waals surface area contributed by atoms with E-state index in [-0.39, 0.29) is 6.67 Å². The van der Waals surface area contributed by atoms with E-state index in [1.54, 1.807) is 0 Å². The molecule has 0 bridgehead atoms. The van der Waals surface area contributed by atoms with Gasteiger partial charge in [-0.1, -0.05) is 0 Å². The molecule has 1 unspecified atom stereocenters. The molecule has 0 heterocycles. The predicted octanol–water partition coefficient (Wildman–Crippen LogP) is 1.96. The van der Waals surface area contributed by atoms with Crippen molar-refractivity contribution in [2.24, 2.45) is 5.92 Å². The van der Waals surface area contributed by atoms with E-state index in [1.807, 2.05) is 0 Å². The first-order valence-corrected chi connectivity index (χ1v) is 2.81. The maximum absolute atomic E-state index is 11.7. The zero-order chi connectivity index (χ0) is 5.11. The Hall–Kier alpha value is -0.0700. The molecule has 0 spiro atoms. The molecule has 0 saturated heterocycles. The summed E-state index contributed by atoms with van der Waals surface area (Å²) in [4.78, 5) is 0. The molecule has 1 radical (unpaired) electrons. The van der Waals surface area contributed by atoms with Crippen molar-refractivity contribution in [3.05, 3.63) is 6.42 Å². The second kappa shape index (κ2) is 2.29. The Bertz CT molecular complexity index is 46.1. The van der Waals surface area contributed by atoms with E-state index in [9.17, 15) is 4.39 Å². The van der Waals surface area contributed by atoms with Gasteiger partial charge in [-0.25, -0.2) is 0 Å². The first-order valence-electron chi connectivity index (χ1n) is 2.81. The van der Waals surface area contributed by atoms with Gasteiger partial charge >= 0.3 is 0 Å². The van der Waals surface area contributed by atoms with Gasteiger partial charge in [0.05, 0.1) is 6.67 Å². The maximum Gasteiger partial charge on any atom is 0.0922 e. The van der Waals surface area contributed by atoms with Crippen LogP contribution in [0.5, 0.6) is 0 Å². The topological polar surface area (TPSA) is 0 Å². The highest BCUT2D eigenvalue weighted by Crippen LogP contribution is 2.23. The van der Waals surface area contributed by atoms with Gasteiger partial charge in [-0.05, 0) is 31.6 Å². The lowest BCUT2D eigenvalue weighted by atomic mass is 10.1. The summed E-state index contributed by atoms with van der Waals surface area (Å²) in [7, 11) is 0. The first kappa shape index (κ1) is 5.07. The lowest BCUT2D eigenvalue weighted by Gasteiger charge is -1.96. The van der Waals surface area contributed by atoms with Crippen LogP contribution in [0.2, 0.25) is 0 Å². The molecule has 0 amide bonds. The van der Waals surface area contributed by atoms with Gasteiger partial charge in [-0.15, -0.1) is 0 Å². The van der Waals surface area contributed by atoms with Crippen LogP contribution in [0.1, 0.15) is 19.3 Å². The van der Waals surface area contributed by atoms with E-state index in [1.165, 1.54) is 0 Å². The van der Waals surface area contributed by atoms with Crippen LogP contribution in [0.25, 0.3) is 0 Å². The fraction of sp³-hybridized carbons (Fsp3) is 0.833. The van der Waals surface area contributed by atoms with Gasteiger partial charge < -0.3 is 0 Å². The van der Waals surface area contributed by atoms with Crippen LogP contribution >= 0.6 is 0 Å². The average Bonchev–Trinajstić information content (AvgIpc) is 2.14. The molecule has 0 N–H and O–H groups in total. The van der Waals surface area contributed by atoms with Crippen LogP contribution in [0, 0.1) is 12.3 Å². The van der Waals surface area contributed by atoms with Gasteiger partial charge in [-0.3, -0.25) is 4.39 Å². The van der Waals surface area contributed by atoms with Crippen molar-refractivity contribution in [3.8, 4) is 0 Å². The number of hydrogen-bond acceptors (Lipinski definition) is 0. The van der Waals surface area contributed by atoms with Gasteiger partial charge in [0.1, 0.15) is 0 Å². The molecule has 0 aromatic carbocycles. The summed E-state index contributed by atoms with van der Waals surface area (Å²) in [5.74, 6) is 0.375. The van der Waals surface area contributed by atoms with Crippen molar-refractivity contribution in [2.75, 3.05) is 6.67 Å². The van der Waals surface area contributed by atoms with Gasteiger partial charge in [0.25, 0.3) is 0 Å². The lowest BCUT2D eigenvalue weighted by molar-refractivity contribution is 0.371. The van der Waals surface area contributed by atoms with Crippen LogP contribution in [-0.2, 0) is 0 Å². The Kier molecular flexibility index (Phi) is 1.66. The quantitative estimate of drug-likeness (QED) is 0.473. The van der Waals surface area contributed by atoms with Crippen LogP contribution in [0.3, 0.4) is 0 Å². The third kappa shape index (κ3) is 1.15. The Labute approximate surface area is 43.7 Å². The van der Waals surface area contributed by atoms with Crippen molar-refractivity contribution in [1.29, 1.82) is 0 Å². The molecule has 1 aliphatic carbocycles. The number of halogens is 1. The van der Waals surface area contributed by atoms with E-state index >= 15 is 0 Å². The normalized spacial score (nSPS) is 23.6. The van der Waals surface area contributed by atoms with Crippen molar-refractivity contribution in [3.63, 3.8) is 0 Å². The molecule has 1 saturated carbocycles. The first-order chi connectivity index (χ1) is 3.43. The molecule has 0 aromatic heterocycles. The van der Waals surface area contributed by atoms with E-state index < -0.39 is 0 Å². The minimum Gasteiger partial charge on any atom is -0.251 e. The standard InChI is InChI=1S/C6H10F/c7-5-6-3-1-2-4-6/h1,6H,2-5H2. The molecule has 1 aliphatic rings. The van der Waals surface area contributed by atoms with Gasteiger partial charge in [0.2, 0.25) is 0 Å². The zero-order valence-electron chi connectivity index (χ0n) is 4.36. The Morgan fingerprint density at radius 3 is 2.86 bits per heavy atom. The average molecular weight is 101 g/mol. The van der Waals surface area contributed by atoms with Crippen LogP contribution in [0.4, 0.5) is 4.39 Å². The van der Waals surface area contributed by atoms with Crippen molar-refractivity contribution in [1.82, 2.24) is 0 Å². The summed E-state index contributed by atoms with van der Waals surface area (Å²) < 4.78 is 11.7. The number of hydrogen-bond donors (Lipinski definition) is 0. The fourth-order valence-corrected chi connectivity index (χ4v) is 0.965. The molecule has 0 nitrogen and oxygen atoms in total. The largest absolute Gasteiger partial charge is 0.251 e. The number of rotatable bonds is 1. The summed E-state index contributed by atoms with van der Waals surface area (Å²) in [6.07, 6.45) is 5.39. The van der Waals surface area contributed by atoms with Crippen LogP contribution < -0.4 is 0 Å². The Morgan fingerprint density at radius 2 is 2.57 bits per heavy atom. The minimum absolute atomic E-state index is 0.115. The molecule has 0 aliphatic heterocycles. The molecule has 7 heavy (non-hydrogen) atoms. The molecular formula is C6H10F. The van der Waals surface area contributed by atoms with Crippen LogP contribution in [-0.4, -0.2) is 6.67 Å². The highest BCUT2D eigenvalue weighted by molar-refractivity contribution is 4.79. The zero-order valence-corrected chi connectivity index (χ0v) is 4.36. The molecule has 41 valence electrons. The second-order valence-corrected chi connectivity index (χ2v) is 2.12. The minimum atomic E-state index is -0.115. The molecule has 1 fully saturated rings. The predicted molar refractivity (Wildman–Crippen MR) is 27.6 cm³/mol. The Morgan fingerprint density at radius 1 is 1.71 bits per heavy atom. The second-order valence-electron chi connectivity index (χ2n) is 2.12. The van der Waals surface area contributed by atoms with E-state index in [4.69, 9.17) is 0 Å². The van der Waals surface area contributed by atoms with E-state index in [0.717, 1.165) is 19.3 Å². The van der Waals surface area contributed by atoms with Gasteiger partial charge in [-0.2, -0.15) is 0 Å². The highest BCUT2D eigenvalue weighted by atomic mass is 19.1. The lowest BCUT2D eigenvalue weighted by Crippen LogP contribution is -1.92. The van der Waals surface area contributed by atoms with Gasteiger partial charge in [0.15, 0.2) is 0 Å². The van der Waals surface area contributed by atoms with E-state index in [2.05, 4.69) is 6.42 Å². The molecule has 1 atom stereocenters. The highest BCUT2D eigenvalue weighted by Gasteiger charge is 2.13. The summed E-state index contributed by atoms with van der Waals surface area (Å²) in [5.41, 5.74) is 0. The SMILES string of the molecule is FCC1C[CH]CC1. The molecule has 1 rings (SSSR count). The van der Waals surface area contributed by atoms with Crippen molar-refractivity contribution in [2.45, 2.75) is 19.3 Å². The molecule has 1 heteroatoms. The Balaban J connectivity index is 2.14. The third-order valence-corrected chi connectivity index (χ3v) is 1.50. The van der Waals surface area contributed by atoms with Crippen LogP contribution in [0.15, 0.2) is 0 Å². The summed E-state index contributed by atoms with van der Waals surface area (Å²) in [6, 6.07) is 0. The summed E-state index contributed by atoms with van der Waals surface area (Å²) >= 11 is 0. The van der Waals surface area contributed by atoms with Crippen molar-refractivity contribution < 1.29 is 4.39 Å². The van der Waals surface area contributed by atoms with Crippen molar-refractivity contribution >= 4 is 0 Å². The molecular weight excluding hydrogens is 91.1 g/mol. The fourth-order valence-electron chi connectivity index (χ4n) is 0.965. The number of alkyl halides is 1. The smallest absolute Gasteiger partial charge is 0.0922 e. The maximum atomic E-state index is 11.7. The molecule has 0 aromatic rings. The summed E-state index contributed by atoms with van der Waals surface area (Å²) in [5, 5.41) is 0. The third-order valence-electron chi connectivity index (χ3n) is 1.50. The van der Waals surface area contributed by atoms with Gasteiger partial charge in [0, 0.05) is 0 Å². The van der Waals surface area contributed by atoms with E-state index in [0.29, 0.717) is 5.92 Å².